The van der Waals surface area contributed by atoms with Crippen molar-refractivity contribution in [1.29, 1.82) is 0 Å². The van der Waals surface area contributed by atoms with Gasteiger partial charge in [0.05, 0.1) is 0 Å². The predicted octanol–water partition coefficient (Wildman–Crippen LogP) is 4.48. The Morgan fingerprint density at radius 3 is 2.43 bits per heavy atom. The highest BCUT2D eigenvalue weighted by Crippen LogP contribution is 2.67. The van der Waals surface area contributed by atoms with Crippen LogP contribution in [-0.4, -0.2) is 23.1 Å². The number of ketones is 2. The smallest absolute Gasteiger partial charge is 0.303 e. The second-order valence-corrected chi connectivity index (χ2v) is 9.72. The summed E-state index contributed by atoms with van der Waals surface area (Å²) in [4.78, 5) is 36.5. The normalized spacial score (nSPS) is 44.6. The fourth-order valence-corrected chi connectivity index (χ4v) is 7.13. The monoisotopic (exact) mass is 388 g/mol. The molecule has 2 fully saturated rings. The number of esters is 1. The molecule has 28 heavy (non-hydrogen) atoms. The molecule has 0 radical (unpaired) electrons. The Balaban J connectivity index is 1.79. The van der Waals surface area contributed by atoms with Crippen LogP contribution in [0, 0.1) is 28.6 Å². The third-order valence-corrected chi connectivity index (χ3v) is 8.56. The Kier molecular flexibility index (Phi) is 4.26. The Hall–Kier alpha value is -1.78. The van der Waals surface area contributed by atoms with Crippen molar-refractivity contribution in [3.05, 3.63) is 23.6 Å². The lowest BCUT2D eigenvalue weighted by Gasteiger charge is -2.57. The first-order valence-electron chi connectivity index (χ1n) is 10.4. The predicted molar refractivity (Wildman–Crippen MR) is 102 cm³/mol. The first-order valence-corrected chi connectivity index (χ1v) is 10.4. The summed E-state index contributed by atoms with van der Waals surface area (Å²) >= 11 is 0. The second kappa shape index (κ2) is 6.11. The Labute approximate surface area is 165 Å². The SMILES string of the molecule is CC(=O)O[C@]1(C(C)=O)CC[C@H]2[C@@H]3C=C(F)C4=CC(=O)CC[C@]4(C)[C@H]3CC[C@@]21C. The summed E-state index contributed by atoms with van der Waals surface area (Å²) < 4.78 is 20.9. The number of rotatable bonds is 2. The lowest BCUT2D eigenvalue weighted by atomic mass is 9.47. The Morgan fingerprint density at radius 1 is 1.11 bits per heavy atom. The van der Waals surface area contributed by atoms with E-state index in [1.165, 1.54) is 19.9 Å². The summed E-state index contributed by atoms with van der Waals surface area (Å²) in [6.45, 7) is 7.01. The van der Waals surface area contributed by atoms with Gasteiger partial charge in [0.15, 0.2) is 17.2 Å². The van der Waals surface area contributed by atoms with Gasteiger partial charge in [0.1, 0.15) is 5.83 Å². The molecule has 4 aliphatic carbocycles. The van der Waals surface area contributed by atoms with E-state index in [1.807, 2.05) is 0 Å². The highest BCUT2D eigenvalue weighted by Gasteiger charge is 2.67. The maximum atomic E-state index is 15.1. The van der Waals surface area contributed by atoms with Crippen molar-refractivity contribution in [2.45, 2.75) is 71.8 Å². The lowest BCUT2D eigenvalue weighted by Crippen LogP contribution is -2.58. The number of allylic oxidation sites excluding steroid dienone is 4. The molecule has 0 aromatic carbocycles. The number of Topliss-reactive ketones (excluding diaryl/α,β-unsaturated/α-hetero) is 1. The van der Waals surface area contributed by atoms with Crippen LogP contribution in [0.15, 0.2) is 23.6 Å². The van der Waals surface area contributed by atoms with Crippen LogP contribution < -0.4 is 0 Å². The van der Waals surface area contributed by atoms with E-state index in [-0.39, 0.29) is 40.6 Å². The van der Waals surface area contributed by atoms with Crippen molar-refractivity contribution >= 4 is 17.5 Å². The summed E-state index contributed by atoms with van der Waals surface area (Å²) in [6.07, 6.45) is 7.17. The van der Waals surface area contributed by atoms with E-state index in [0.29, 0.717) is 24.8 Å². The van der Waals surface area contributed by atoms with E-state index in [2.05, 4.69) is 13.8 Å². The first kappa shape index (κ1) is 19.5. The van der Waals surface area contributed by atoms with Crippen LogP contribution in [0.5, 0.6) is 0 Å². The maximum Gasteiger partial charge on any atom is 0.303 e. The van der Waals surface area contributed by atoms with E-state index in [4.69, 9.17) is 4.74 Å². The van der Waals surface area contributed by atoms with Crippen LogP contribution in [0.3, 0.4) is 0 Å². The van der Waals surface area contributed by atoms with E-state index in [9.17, 15) is 14.4 Å². The molecule has 2 saturated carbocycles. The molecular weight excluding hydrogens is 359 g/mol. The van der Waals surface area contributed by atoms with E-state index in [1.54, 1.807) is 6.08 Å². The van der Waals surface area contributed by atoms with Gasteiger partial charge >= 0.3 is 5.97 Å². The maximum absolute atomic E-state index is 15.1. The first-order chi connectivity index (χ1) is 13.0. The fraction of sp³-hybridized carbons (Fsp3) is 0.696. The molecule has 0 spiro atoms. The second-order valence-electron chi connectivity index (χ2n) is 9.72. The molecule has 0 heterocycles. The van der Waals surface area contributed by atoms with Crippen molar-refractivity contribution in [3.63, 3.8) is 0 Å². The fourth-order valence-electron chi connectivity index (χ4n) is 7.13. The van der Waals surface area contributed by atoms with Gasteiger partial charge in [-0.1, -0.05) is 13.8 Å². The van der Waals surface area contributed by atoms with Gasteiger partial charge in [-0.2, -0.15) is 0 Å². The number of halogens is 1. The van der Waals surface area contributed by atoms with Crippen molar-refractivity contribution < 1.29 is 23.5 Å². The molecular formula is C23H29FO4. The van der Waals surface area contributed by atoms with Crippen molar-refractivity contribution in [3.8, 4) is 0 Å². The Morgan fingerprint density at radius 2 is 1.79 bits per heavy atom. The number of hydrogen-bond acceptors (Lipinski definition) is 4. The molecule has 0 saturated heterocycles. The molecule has 0 unspecified atom stereocenters. The minimum Gasteiger partial charge on any atom is -0.451 e. The van der Waals surface area contributed by atoms with Crippen molar-refractivity contribution in [2.24, 2.45) is 28.6 Å². The van der Waals surface area contributed by atoms with Crippen LogP contribution in [0.25, 0.3) is 0 Å². The molecule has 0 N–H and O–H groups in total. The summed E-state index contributed by atoms with van der Waals surface area (Å²) in [7, 11) is 0. The third kappa shape index (κ3) is 2.37. The topological polar surface area (TPSA) is 60.4 Å². The molecule has 4 aliphatic rings. The molecule has 0 aliphatic heterocycles. The number of hydrogen-bond donors (Lipinski definition) is 0. The number of carbonyl (C=O) groups is 3. The van der Waals surface area contributed by atoms with E-state index in [0.717, 1.165) is 19.3 Å². The van der Waals surface area contributed by atoms with Gasteiger partial charge in [-0.15, -0.1) is 0 Å². The zero-order valence-corrected chi connectivity index (χ0v) is 17.1. The number of carbonyl (C=O) groups excluding carboxylic acids is 3. The van der Waals surface area contributed by atoms with Crippen LogP contribution in [0.1, 0.15) is 66.2 Å². The quantitative estimate of drug-likeness (QED) is 0.654. The van der Waals surface area contributed by atoms with Gasteiger partial charge in [0, 0.05) is 18.8 Å². The van der Waals surface area contributed by atoms with Gasteiger partial charge in [-0.3, -0.25) is 14.4 Å². The molecule has 0 aromatic heterocycles. The minimum absolute atomic E-state index is 0.00134. The number of ether oxygens (including phenoxy) is 1. The average molecular weight is 388 g/mol. The zero-order chi connectivity index (χ0) is 20.5. The molecule has 0 bridgehead atoms. The van der Waals surface area contributed by atoms with E-state index >= 15 is 4.39 Å². The van der Waals surface area contributed by atoms with Crippen molar-refractivity contribution in [1.82, 2.24) is 0 Å². The van der Waals surface area contributed by atoms with Gasteiger partial charge in [-0.25, -0.2) is 4.39 Å². The van der Waals surface area contributed by atoms with Gasteiger partial charge < -0.3 is 4.74 Å². The van der Waals surface area contributed by atoms with Gasteiger partial charge in [0.25, 0.3) is 0 Å². The zero-order valence-electron chi connectivity index (χ0n) is 17.1. The molecule has 5 heteroatoms. The largest absolute Gasteiger partial charge is 0.451 e. The number of fused-ring (bicyclic) bond motifs is 5. The molecule has 0 amide bonds. The Bertz CT molecular complexity index is 826. The summed E-state index contributed by atoms with van der Waals surface area (Å²) in [5.41, 5.74) is -1.39. The van der Waals surface area contributed by atoms with Crippen LogP contribution in [0.4, 0.5) is 4.39 Å². The molecule has 152 valence electrons. The van der Waals surface area contributed by atoms with Gasteiger partial charge in [0.2, 0.25) is 0 Å². The molecule has 4 nitrogen and oxygen atoms in total. The standard InChI is InChI=1S/C23H29FO4/c1-13(25)23(28-14(2)26)10-7-18-16-12-20(24)19-11-15(27)5-8-21(19,3)17(16)6-9-22(18,23)4/h11-12,16-18H,5-10H2,1-4H3/t16-,17+,18+,21-,22+,23+/m1/s1. The summed E-state index contributed by atoms with van der Waals surface area (Å²) in [5, 5.41) is 0. The average Bonchev–Trinajstić information content (AvgIpc) is 2.90. The molecule has 0 aromatic rings. The highest BCUT2D eigenvalue weighted by molar-refractivity contribution is 5.92. The molecule has 6 atom stereocenters. The highest BCUT2D eigenvalue weighted by atomic mass is 19.1. The van der Waals surface area contributed by atoms with Crippen LogP contribution in [-0.2, 0) is 19.1 Å². The van der Waals surface area contributed by atoms with Crippen molar-refractivity contribution in [2.75, 3.05) is 0 Å². The minimum atomic E-state index is -1.11. The third-order valence-electron chi connectivity index (χ3n) is 8.56. The van der Waals surface area contributed by atoms with Crippen LogP contribution in [0.2, 0.25) is 0 Å². The van der Waals surface area contributed by atoms with E-state index < -0.39 is 17.0 Å². The lowest BCUT2D eigenvalue weighted by molar-refractivity contribution is -0.185. The van der Waals surface area contributed by atoms with Crippen LogP contribution >= 0.6 is 0 Å². The summed E-state index contributed by atoms with van der Waals surface area (Å²) in [6, 6.07) is 0. The molecule has 4 rings (SSSR count). The van der Waals surface area contributed by atoms with Gasteiger partial charge in [-0.05, 0) is 79.9 Å². The summed E-state index contributed by atoms with van der Waals surface area (Å²) in [5.74, 6) is -0.518.